The predicted octanol–water partition coefficient (Wildman–Crippen LogP) is 4.21. The molecule has 0 fully saturated rings. The van der Waals surface area contributed by atoms with E-state index in [1.165, 1.54) is 5.56 Å². The second-order valence-corrected chi connectivity index (χ2v) is 4.63. The van der Waals surface area contributed by atoms with Gasteiger partial charge in [-0.25, -0.2) is 0 Å². The second kappa shape index (κ2) is 9.79. The number of aryl methyl sites for hydroxylation is 1. The van der Waals surface area contributed by atoms with Gasteiger partial charge in [0.05, 0.1) is 0 Å². The Kier molecular flexibility index (Phi) is 7.82. The third-order valence-electron chi connectivity index (χ3n) is 2.79. The van der Waals surface area contributed by atoms with E-state index in [-0.39, 0.29) is 5.91 Å². The maximum Gasteiger partial charge on any atom is 0.251 e. The number of unbranched alkanes of at least 4 members (excludes halogenated alkanes) is 1. The summed E-state index contributed by atoms with van der Waals surface area (Å²) in [6.45, 7) is 4.96. The Bertz CT molecular complexity index is 479. The van der Waals surface area contributed by atoms with E-state index in [9.17, 15) is 4.79 Å². The summed E-state index contributed by atoms with van der Waals surface area (Å²) in [5.41, 5.74) is 2.06. The third kappa shape index (κ3) is 6.74. The molecule has 0 aromatic heterocycles. The molecule has 0 bridgehead atoms. The molecule has 2 aromatic rings. The van der Waals surface area contributed by atoms with Crippen molar-refractivity contribution in [3.63, 3.8) is 0 Å². The highest BCUT2D eigenvalue weighted by molar-refractivity contribution is 5.94. The van der Waals surface area contributed by atoms with Gasteiger partial charge < -0.3 is 5.32 Å². The van der Waals surface area contributed by atoms with Crippen LogP contribution in [0.2, 0.25) is 0 Å². The molecule has 2 nitrogen and oxygen atoms in total. The van der Waals surface area contributed by atoms with Crippen molar-refractivity contribution in [2.75, 3.05) is 6.54 Å². The minimum atomic E-state index is 0.0223. The van der Waals surface area contributed by atoms with Gasteiger partial charge >= 0.3 is 0 Å². The van der Waals surface area contributed by atoms with Crippen LogP contribution < -0.4 is 5.32 Å². The van der Waals surface area contributed by atoms with Gasteiger partial charge in [0.2, 0.25) is 0 Å². The average molecular weight is 269 g/mol. The Hall–Kier alpha value is -2.09. The normalized spacial score (nSPS) is 9.30. The summed E-state index contributed by atoms with van der Waals surface area (Å²) in [7, 11) is 0. The van der Waals surface area contributed by atoms with Crippen molar-refractivity contribution in [2.45, 2.75) is 26.7 Å². The molecule has 1 amide bonds. The molecule has 0 heterocycles. The van der Waals surface area contributed by atoms with E-state index in [2.05, 4.69) is 31.3 Å². The Morgan fingerprint density at radius 1 is 0.950 bits per heavy atom. The SMILES string of the molecule is CCCCNC(=O)c1ccccc1.Cc1ccccc1. The first-order chi connectivity index (χ1) is 9.74. The van der Waals surface area contributed by atoms with Crippen LogP contribution in [0.3, 0.4) is 0 Å². The van der Waals surface area contributed by atoms with Gasteiger partial charge in [0.15, 0.2) is 0 Å². The lowest BCUT2D eigenvalue weighted by molar-refractivity contribution is 0.0953. The minimum Gasteiger partial charge on any atom is -0.352 e. The van der Waals surface area contributed by atoms with Gasteiger partial charge in [-0.2, -0.15) is 0 Å². The molecule has 0 unspecified atom stereocenters. The first-order valence-corrected chi connectivity index (χ1v) is 7.09. The molecular formula is C18H23NO. The first-order valence-electron chi connectivity index (χ1n) is 7.09. The summed E-state index contributed by atoms with van der Waals surface area (Å²) in [5, 5.41) is 2.86. The summed E-state index contributed by atoms with van der Waals surface area (Å²) >= 11 is 0. The fourth-order valence-corrected chi connectivity index (χ4v) is 1.60. The molecule has 0 atom stereocenters. The molecule has 1 N–H and O–H groups in total. The van der Waals surface area contributed by atoms with Crippen molar-refractivity contribution >= 4 is 5.91 Å². The number of carbonyl (C=O) groups is 1. The van der Waals surface area contributed by atoms with Crippen LogP contribution in [0, 0.1) is 6.92 Å². The molecule has 20 heavy (non-hydrogen) atoms. The zero-order valence-electron chi connectivity index (χ0n) is 12.3. The summed E-state index contributed by atoms with van der Waals surface area (Å²) in [6, 6.07) is 19.5. The summed E-state index contributed by atoms with van der Waals surface area (Å²) in [6.07, 6.45) is 2.15. The monoisotopic (exact) mass is 269 g/mol. The van der Waals surface area contributed by atoms with Crippen molar-refractivity contribution in [3.05, 3.63) is 71.8 Å². The van der Waals surface area contributed by atoms with Crippen molar-refractivity contribution in [1.82, 2.24) is 5.32 Å². The molecule has 0 aliphatic heterocycles. The van der Waals surface area contributed by atoms with Gasteiger partial charge in [-0.15, -0.1) is 0 Å². The second-order valence-electron chi connectivity index (χ2n) is 4.63. The molecule has 0 saturated heterocycles. The first kappa shape index (κ1) is 16.0. The number of amides is 1. The fourth-order valence-electron chi connectivity index (χ4n) is 1.60. The van der Waals surface area contributed by atoms with E-state index >= 15 is 0 Å². The van der Waals surface area contributed by atoms with E-state index in [4.69, 9.17) is 0 Å². The predicted molar refractivity (Wildman–Crippen MR) is 84.9 cm³/mol. The summed E-state index contributed by atoms with van der Waals surface area (Å²) < 4.78 is 0. The van der Waals surface area contributed by atoms with Crippen LogP contribution in [-0.4, -0.2) is 12.5 Å². The molecule has 0 spiro atoms. The number of hydrogen-bond donors (Lipinski definition) is 1. The topological polar surface area (TPSA) is 29.1 Å². The van der Waals surface area contributed by atoms with E-state index < -0.39 is 0 Å². The van der Waals surface area contributed by atoms with Crippen molar-refractivity contribution < 1.29 is 4.79 Å². The van der Waals surface area contributed by atoms with E-state index in [0.29, 0.717) is 0 Å². The molecule has 0 radical (unpaired) electrons. The minimum absolute atomic E-state index is 0.0223. The Balaban J connectivity index is 0.000000240. The maximum atomic E-state index is 11.4. The van der Waals surface area contributed by atoms with Crippen LogP contribution in [0.5, 0.6) is 0 Å². The number of rotatable bonds is 4. The largest absolute Gasteiger partial charge is 0.352 e. The lowest BCUT2D eigenvalue weighted by Crippen LogP contribution is -2.24. The van der Waals surface area contributed by atoms with E-state index in [1.807, 2.05) is 48.5 Å². The van der Waals surface area contributed by atoms with Crippen molar-refractivity contribution in [2.24, 2.45) is 0 Å². The smallest absolute Gasteiger partial charge is 0.251 e. The van der Waals surface area contributed by atoms with Gasteiger partial charge in [0.25, 0.3) is 5.91 Å². The van der Waals surface area contributed by atoms with Gasteiger partial charge in [0, 0.05) is 12.1 Å². The van der Waals surface area contributed by atoms with Crippen molar-refractivity contribution in [1.29, 1.82) is 0 Å². The third-order valence-corrected chi connectivity index (χ3v) is 2.79. The van der Waals surface area contributed by atoms with Crippen LogP contribution in [0.1, 0.15) is 35.7 Å². The molecular weight excluding hydrogens is 246 g/mol. The number of carbonyl (C=O) groups excluding carboxylic acids is 1. The van der Waals surface area contributed by atoms with Crippen molar-refractivity contribution in [3.8, 4) is 0 Å². The standard InChI is InChI=1S/C11H15NO.C7H8/c1-2-3-9-12-11(13)10-7-5-4-6-8-10;1-7-5-3-2-4-6-7/h4-8H,2-3,9H2,1H3,(H,12,13);2-6H,1H3. The van der Waals surface area contributed by atoms with Crippen LogP contribution >= 0.6 is 0 Å². The van der Waals surface area contributed by atoms with Gasteiger partial charge in [0.1, 0.15) is 0 Å². The highest BCUT2D eigenvalue weighted by Gasteiger charge is 2.01. The highest BCUT2D eigenvalue weighted by Crippen LogP contribution is 1.97. The highest BCUT2D eigenvalue weighted by atomic mass is 16.1. The van der Waals surface area contributed by atoms with E-state index in [1.54, 1.807) is 0 Å². The van der Waals surface area contributed by atoms with Gasteiger partial charge in [-0.05, 0) is 25.5 Å². The molecule has 0 aliphatic carbocycles. The van der Waals surface area contributed by atoms with Crippen LogP contribution in [0.4, 0.5) is 0 Å². The zero-order chi connectivity index (χ0) is 14.6. The molecule has 106 valence electrons. The summed E-state index contributed by atoms with van der Waals surface area (Å²) in [4.78, 5) is 11.4. The quantitative estimate of drug-likeness (QED) is 0.828. The molecule has 2 heteroatoms. The Morgan fingerprint density at radius 3 is 1.95 bits per heavy atom. The average Bonchev–Trinajstić information content (AvgIpc) is 2.50. The molecule has 2 rings (SSSR count). The summed E-state index contributed by atoms with van der Waals surface area (Å²) in [5.74, 6) is 0.0223. The lowest BCUT2D eigenvalue weighted by Gasteiger charge is -2.02. The fraction of sp³-hybridized carbons (Fsp3) is 0.278. The number of hydrogen-bond acceptors (Lipinski definition) is 1. The van der Waals surface area contributed by atoms with Crippen LogP contribution in [0.15, 0.2) is 60.7 Å². The van der Waals surface area contributed by atoms with Crippen LogP contribution in [-0.2, 0) is 0 Å². The van der Waals surface area contributed by atoms with Gasteiger partial charge in [-0.1, -0.05) is 67.4 Å². The Morgan fingerprint density at radius 2 is 1.50 bits per heavy atom. The number of nitrogens with one attached hydrogen (secondary N) is 1. The van der Waals surface area contributed by atoms with E-state index in [0.717, 1.165) is 24.9 Å². The zero-order valence-corrected chi connectivity index (χ0v) is 12.3. The van der Waals surface area contributed by atoms with Crippen LogP contribution in [0.25, 0.3) is 0 Å². The molecule has 0 aliphatic rings. The number of benzene rings is 2. The van der Waals surface area contributed by atoms with Gasteiger partial charge in [-0.3, -0.25) is 4.79 Å². The molecule has 0 saturated carbocycles. The maximum absolute atomic E-state index is 11.4. The molecule has 2 aromatic carbocycles. The lowest BCUT2D eigenvalue weighted by atomic mass is 10.2. The Labute approximate surface area is 121 Å².